The minimum Gasteiger partial charge on any atom is -0.493 e. The summed E-state index contributed by atoms with van der Waals surface area (Å²) in [5, 5.41) is 12.0. The SMILES string of the molecule is CCCCOc1c(OC)cc(C(=O)NCC2CCN(CC)C2)cc1OC.CCCCOc1c(OC)cc(C(=O)O)cc1OC.CCN1CCC(CN)C1. The summed E-state index contributed by atoms with van der Waals surface area (Å²) >= 11 is 0. The van der Waals surface area contributed by atoms with Crippen LogP contribution in [0.15, 0.2) is 24.3 Å². The van der Waals surface area contributed by atoms with Crippen molar-refractivity contribution in [3.8, 4) is 34.5 Å². The molecule has 2 saturated heterocycles. The largest absolute Gasteiger partial charge is 0.493 e. The van der Waals surface area contributed by atoms with Crippen LogP contribution in [0.2, 0.25) is 0 Å². The van der Waals surface area contributed by atoms with E-state index in [-0.39, 0.29) is 11.5 Å². The topological polar surface area (TPSA) is 154 Å². The van der Waals surface area contributed by atoms with Crippen LogP contribution >= 0.6 is 0 Å². The van der Waals surface area contributed by atoms with E-state index in [1.165, 1.54) is 52.4 Å². The maximum atomic E-state index is 12.6. The summed E-state index contributed by atoms with van der Waals surface area (Å²) in [4.78, 5) is 28.4. The van der Waals surface area contributed by atoms with Crippen LogP contribution in [0.1, 0.15) is 86.9 Å². The molecule has 0 spiro atoms. The fraction of sp³-hybridized carbons (Fsp3) is 0.650. The summed E-state index contributed by atoms with van der Waals surface area (Å²) in [7, 11) is 6.07. The molecule has 2 unspecified atom stereocenters. The Morgan fingerprint density at radius 2 is 1.13 bits per heavy atom. The molecule has 2 fully saturated rings. The van der Waals surface area contributed by atoms with Crippen molar-refractivity contribution in [2.75, 3.05) is 94.0 Å². The van der Waals surface area contributed by atoms with Gasteiger partial charge in [0.05, 0.1) is 47.2 Å². The number of carbonyl (C=O) groups is 2. The summed E-state index contributed by atoms with van der Waals surface area (Å²) < 4.78 is 32.5. The highest BCUT2D eigenvalue weighted by Gasteiger charge is 2.23. The summed E-state index contributed by atoms with van der Waals surface area (Å²) in [6.07, 6.45) is 6.35. The van der Waals surface area contributed by atoms with E-state index in [4.69, 9.17) is 39.3 Å². The molecule has 2 aromatic carbocycles. The summed E-state index contributed by atoms with van der Waals surface area (Å²) in [5.41, 5.74) is 6.15. The van der Waals surface area contributed by atoms with Gasteiger partial charge in [-0.1, -0.05) is 40.5 Å². The average Bonchev–Trinajstić information content (AvgIpc) is 3.87. The molecular weight excluding hydrogens is 680 g/mol. The molecule has 0 saturated carbocycles. The zero-order valence-corrected chi connectivity index (χ0v) is 33.5. The first-order valence-electron chi connectivity index (χ1n) is 19.1. The van der Waals surface area contributed by atoms with E-state index in [1.54, 1.807) is 26.4 Å². The number of hydrogen-bond acceptors (Lipinski definition) is 11. The molecular formula is C40H66N4O9. The lowest BCUT2D eigenvalue weighted by Crippen LogP contribution is -2.31. The van der Waals surface area contributed by atoms with Crippen LogP contribution in [0.5, 0.6) is 34.5 Å². The molecule has 0 bridgehead atoms. The van der Waals surface area contributed by atoms with Crippen LogP contribution < -0.4 is 39.5 Å². The number of likely N-dealkylation sites (tertiary alicyclic amines) is 2. The number of hydrogen-bond donors (Lipinski definition) is 3. The lowest BCUT2D eigenvalue weighted by molar-refractivity contribution is 0.0695. The molecule has 2 aliphatic heterocycles. The third kappa shape index (κ3) is 14.8. The monoisotopic (exact) mass is 746 g/mol. The van der Waals surface area contributed by atoms with E-state index in [2.05, 4.69) is 42.8 Å². The summed E-state index contributed by atoms with van der Waals surface area (Å²) in [6, 6.07) is 6.27. The van der Waals surface area contributed by atoms with Gasteiger partial charge in [0.2, 0.25) is 11.5 Å². The normalized spacial score (nSPS) is 16.8. The second-order valence-electron chi connectivity index (χ2n) is 13.2. The van der Waals surface area contributed by atoms with Gasteiger partial charge in [0.1, 0.15) is 0 Å². The number of carboxylic acid groups (broad SMARTS) is 1. The molecule has 2 atom stereocenters. The molecule has 0 aromatic heterocycles. The van der Waals surface area contributed by atoms with Crippen molar-refractivity contribution in [1.82, 2.24) is 15.1 Å². The highest BCUT2D eigenvalue weighted by Crippen LogP contribution is 2.40. The number of nitrogens with two attached hydrogens (primary N) is 1. The first kappa shape index (κ1) is 45.2. The molecule has 300 valence electrons. The second-order valence-corrected chi connectivity index (χ2v) is 13.2. The number of methoxy groups -OCH3 is 4. The van der Waals surface area contributed by atoms with Gasteiger partial charge in [-0.15, -0.1) is 0 Å². The molecule has 53 heavy (non-hydrogen) atoms. The van der Waals surface area contributed by atoms with E-state index < -0.39 is 5.97 Å². The van der Waals surface area contributed by atoms with Crippen LogP contribution in [-0.2, 0) is 0 Å². The number of amides is 1. The van der Waals surface area contributed by atoms with Crippen molar-refractivity contribution >= 4 is 11.9 Å². The number of ether oxygens (including phenoxy) is 6. The van der Waals surface area contributed by atoms with Gasteiger partial charge < -0.3 is 54.4 Å². The zero-order chi connectivity index (χ0) is 39.2. The minimum absolute atomic E-state index is 0.103. The van der Waals surface area contributed by atoms with Gasteiger partial charge in [-0.05, 0) is 94.5 Å². The van der Waals surface area contributed by atoms with Crippen molar-refractivity contribution in [3.05, 3.63) is 35.4 Å². The van der Waals surface area contributed by atoms with Gasteiger partial charge in [-0.25, -0.2) is 4.79 Å². The number of rotatable bonds is 19. The summed E-state index contributed by atoms with van der Waals surface area (Å²) in [6.45, 7) is 18.1. The maximum Gasteiger partial charge on any atom is 0.335 e. The van der Waals surface area contributed by atoms with E-state index >= 15 is 0 Å². The van der Waals surface area contributed by atoms with Crippen molar-refractivity contribution < 1.29 is 43.1 Å². The van der Waals surface area contributed by atoms with Gasteiger partial charge in [0.25, 0.3) is 5.91 Å². The second kappa shape index (κ2) is 25.1. The Balaban J connectivity index is 0.000000309. The quantitative estimate of drug-likeness (QED) is 0.148. The fourth-order valence-electron chi connectivity index (χ4n) is 6.03. The number of benzene rings is 2. The maximum absolute atomic E-state index is 12.6. The molecule has 2 heterocycles. The summed E-state index contributed by atoms with van der Waals surface area (Å²) in [5.74, 6) is 2.90. The first-order valence-corrected chi connectivity index (χ1v) is 19.1. The van der Waals surface area contributed by atoms with Gasteiger partial charge in [-0.2, -0.15) is 0 Å². The van der Waals surface area contributed by atoms with Crippen LogP contribution in [0, 0.1) is 11.8 Å². The van der Waals surface area contributed by atoms with Crippen LogP contribution in [-0.4, -0.2) is 121 Å². The highest BCUT2D eigenvalue weighted by atomic mass is 16.5. The first-order chi connectivity index (χ1) is 25.6. The van der Waals surface area contributed by atoms with Crippen molar-refractivity contribution in [1.29, 1.82) is 0 Å². The standard InChI is InChI=1S/C20H32N2O4.C13H18O5.C7H16N2/c1-5-7-10-26-19-17(24-3)11-16(12-18(19)25-4)20(23)21-13-15-8-9-22(6-2)14-15;1-4-5-6-18-12-10(16-2)7-9(13(14)15)8-11(12)17-3;1-2-9-4-3-7(5-8)6-9/h11-12,15H,5-10,13-14H2,1-4H3,(H,21,23);7-8H,4-6H2,1-3H3,(H,14,15);7H,2-6,8H2,1H3. The van der Waals surface area contributed by atoms with Gasteiger partial charge >= 0.3 is 5.97 Å². The fourth-order valence-corrected chi connectivity index (χ4v) is 6.03. The molecule has 4 rings (SSSR count). The van der Waals surface area contributed by atoms with E-state index in [1.807, 2.05) is 0 Å². The highest BCUT2D eigenvalue weighted by molar-refractivity contribution is 5.95. The predicted molar refractivity (Wildman–Crippen MR) is 209 cm³/mol. The number of carbonyl (C=O) groups excluding carboxylic acids is 1. The Bertz CT molecular complexity index is 1320. The average molecular weight is 747 g/mol. The minimum atomic E-state index is -1.04. The molecule has 2 aromatic rings. The number of unbranched alkanes of at least 4 members (excludes halogenated alkanes) is 2. The number of nitrogens with zero attached hydrogens (tertiary/aromatic N) is 2. The molecule has 13 heteroatoms. The Kier molecular flexibility index (Phi) is 21.5. The Morgan fingerprint density at radius 1 is 0.717 bits per heavy atom. The van der Waals surface area contributed by atoms with Crippen molar-refractivity contribution in [2.45, 2.75) is 66.2 Å². The lowest BCUT2D eigenvalue weighted by Gasteiger charge is -2.17. The Hall–Kier alpha value is -3.94. The van der Waals surface area contributed by atoms with E-state index in [0.29, 0.717) is 65.7 Å². The number of aromatic carboxylic acids is 1. The lowest BCUT2D eigenvalue weighted by atomic mass is 10.1. The van der Waals surface area contributed by atoms with Gasteiger partial charge in [0.15, 0.2) is 23.0 Å². The molecule has 0 radical (unpaired) electrons. The molecule has 2 aliphatic rings. The number of nitrogens with one attached hydrogen (secondary N) is 1. The molecule has 4 N–H and O–H groups in total. The predicted octanol–water partition coefficient (Wildman–Crippen LogP) is 5.82. The molecule has 13 nitrogen and oxygen atoms in total. The molecule has 0 aliphatic carbocycles. The number of carboxylic acids is 1. The third-order valence-corrected chi connectivity index (χ3v) is 9.44. The third-order valence-electron chi connectivity index (χ3n) is 9.44. The molecule has 1 amide bonds. The smallest absolute Gasteiger partial charge is 0.335 e. The van der Waals surface area contributed by atoms with E-state index in [9.17, 15) is 9.59 Å². The van der Waals surface area contributed by atoms with Crippen LogP contribution in [0.25, 0.3) is 0 Å². The van der Waals surface area contributed by atoms with Crippen LogP contribution in [0.4, 0.5) is 0 Å². The van der Waals surface area contributed by atoms with Crippen molar-refractivity contribution in [3.63, 3.8) is 0 Å². The van der Waals surface area contributed by atoms with Gasteiger partial charge in [0, 0.05) is 25.2 Å². The Morgan fingerprint density at radius 3 is 1.47 bits per heavy atom. The van der Waals surface area contributed by atoms with E-state index in [0.717, 1.165) is 64.2 Å². The van der Waals surface area contributed by atoms with Gasteiger partial charge in [-0.3, -0.25) is 4.79 Å². The van der Waals surface area contributed by atoms with Crippen LogP contribution in [0.3, 0.4) is 0 Å². The Labute approximate surface area is 317 Å². The van der Waals surface area contributed by atoms with Crippen molar-refractivity contribution in [2.24, 2.45) is 17.6 Å². The zero-order valence-electron chi connectivity index (χ0n) is 33.5.